The molecule has 0 radical (unpaired) electrons. The van der Waals surface area contributed by atoms with Crippen LogP contribution in [0.3, 0.4) is 0 Å². The third kappa shape index (κ3) is 4.73. The second-order valence-corrected chi connectivity index (χ2v) is 5.42. The van der Waals surface area contributed by atoms with Gasteiger partial charge in [0.15, 0.2) is 0 Å². The Morgan fingerprint density at radius 1 is 1.00 bits per heavy atom. The second-order valence-electron chi connectivity index (χ2n) is 5.42. The molecule has 21 heavy (non-hydrogen) atoms. The van der Waals surface area contributed by atoms with Crippen LogP contribution in [0.5, 0.6) is 5.75 Å². The third-order valence-electron chi connectivity index (χ3n) is 3.71. The first-order chi connectivity index (χ1) is 9.52. The van der Waals surface area contributed by atoms with Crippen LogP contribution in [0.2, 0.25) is 0 Å². The third-order valence-corrected chi connectivity index (χ3v) is 3.71. The van der Waals surface area contributed by atoms with Gasteiger partial charge in [0.2, 0.25) is 0 Å². The fraction of sp³-hybridized carbons (Fsp3) is 0.333. The number of halogens is 3. The van der Waals surface area contributed by atoms with Gasteiger partial charge in [-0.15, -0.1) is 5.46 Å². The molecule has 0 bridgehead atoms. The molecule has 3 rings (SSSR count). The summed E-state index contributed by atoms with van der Waals surface area (Å²) >= 11 is 0. The van der Waals surface area contributed by atoms with Crippen molar-refractivity contribution in [1.82, 2.24) is 0 Å². The van der Waals surface area contributed by atoms with Gasteiger partial charge in [-0.1, -0.05) is 37.1 Å². The predicted molar refractivity (Wildman–Crippen MR) is 75.5 cm³/mol. The molecule has 0 atom stereocenters. The van der Waals surface area contributed by atoms with Gasteiger partial charge in [-0.2, -0.15) is 0 Å². The van der Waals surface area contributed by atoms with Gasteiger partial charge in [-0.3, -0.25) is 0 Å². The van der Waals surface area contributed by atoms with Crippen LogP contribution >= 0.6 is 0 Å². The predicted octanol–water partition coefficient (Wildman–Crippen LogP) is 1.08. The normalized spacial score (nSPS) is 14.8. The minimum absolute atomic E-state index is 0. The maximum absolute atomic E-state index is 12.7. The van der Waals surface area contributed by atoms with Crippen molar-refractivity contribution >= 4 is 23.2 Å². The van der Waals surface area contributed by atoms with Crippen molar-refractivity contribution in [3.8, 4) is 5.75 Å². The molecule has 106 valence electrons. The number of ether oxygens (including phenoxy) is 1. The van der Waals surface area contributed by atoms with Crippen molar-refractivity contribution in [3.05, 3.63) is 36.4 Å². The fourth-order valence-electron chi connectivity index (χ4n) is 2.29. The number of rotatable bonds is 5. The number of hydrogen-bond donors (Lipinski definition) is 0. The Morgan fingerprint density at radius 2 is 1.67 bits per heavy atom. The molecule has 0 aliphatic heterocycles. The van der Waals surface area contributed by atoms with Crippen LogP contribution in [0.15, 0.2) is 36.4 Å². The number of hydrogen-bond acceptors (Lipinski definition) is 1. The topological polar surface area (TPSA) is 9.23 Å². The largest absolute Gasteiger partial charge is 1.00 e. The first kappa shape index (κ1) is 17.3. The molecular weight excluding hydrogens is 303 g/mol. The van der Waals surface area contributed by atoms with Crippen LogP contribution in [-0.4, -0.2) is 13.6 Å². The Morgan fingerprint density at radius 3 is 2.33 bits per heavy atom. The monoisotopic (exact) mass is 318 g/mol. The molecule has 1 saturated carbocycles. The van der Waals surface area contributed by atoms with Crippen LogP contribution < -0.4 is 61.6 Å². The molecule has 0 N–H and O–H groups in total. The first-order valence-electron chi connectivity index (χ1n) is 6.89. The van der Waals surface area contributed by atoms with E-state index < -0.39 is 12.4 Å². The molecule has 0 saturated heterocycles. The van der Waals surface area contributed by atoms with E-state index in [9.17, 15) is 12.9 Å². The van der Waals surface area contributed by atoms with Crippen LogP contribution in [0.4, 0.5) is 12.9 Å². The summed E-state index contributed by atoms with van der Waals surface area (Å²) in [6, 6.07) is 9.07. The first-order valence-corrected chi connectivity index (χ1v) is 6.89. The molecule has 0 amide bonds. The zero-order valence-electron chi connectivity index (χ0n) is 12.0. The Kier molecular flexibility index (Phi) is 5.82. The Bertz CT molecular complexity index is 626. The standard InChI is InChI=1S/C15H15BF3O.K/c17-16(18,19)14-5-3-13-10-15(6-4-12(13)9-14)20-8-7-11-1-2-11;/h3-6,9-11H,1-2,7-8H2;/q-1;+1. The van der Waals surface area contributed by atoms with E-state index in [1.54, 1.807) is 18.2 Å². The molecule has 2 aromatic carbocycles. The van der Waals surface area contributed by atoms with Crippen LogP contribution in [0.1, 0.15) is 19.3 Å². The quantitative estimate of drug-likeness (QED) is 0.750. The van der Waals surface area contributed by atoms with E-state index in [2.05, 4.69) is 0 Å². The van der Waals surface area contributed by atoms with Gasteiger partial charge in [-0.05, 0) is 35.2 Å². The zero-order chi connectivity index (χ0) is 14.2. The van der Waals surface area contributed by atoms with Crippen molar-refractivity contribution in [2.45, 2.75) is 19.3 Å². The van der Waals surface area contributed by atoms with E-state index in [1.807, 2.05) is 0 Å². The molecule has 1 aliphatic carbocycles. The van der Waals surface area contributed by atoms with Crippen molar-refractivity contribution in [2.24, 2.45) is 5.92 Å². The molecule has 6 heteroatoms. The molecule has 1 nitrogen and oxygen atoms in total. The Labute approximate surface area is 164 Å². The van der Waals surface area contributed by atoms with Crippen molar-refractivity contribution in [1.29, 1.82) is 0 Å². The summed E-state index contributed by atoms with van der Waals surface area (Å²) in [4.78, 5) is 0. The molecule has 1 fully saturated rings. The van der Waals surface area contributed by atoms with Crippen LogP contribution in [-0.2, 0) is 0 Å². The van der Waals surface area contributed by atoms with Gasteiger partial charge in [0.25, 0.3) is 0 Å². The summed E-state index contributed by atoms with van der Waals surface area (Å²) in [5, 5.41) is 1.37. The summed E-state index contributed by atoms with van der Waals surface area (Å²) in [5.41, 5.74) is -0.556. The van der Waals surface area contributed by atoms with Gasteiger partial charge < -0.3 is 17.7 Å². The Hall–Kier alpha value is -0.00870. The van der Waals surface area contributed by atoms with Crippen molar-refractivity contribution < 1.29 is 69.1 Å². The van der Waals surface area contributed by atoms with Gasteiger partial charge in [0.05, 0.1) is 6.61 Å². The smallest absolute Gasteiger partial charge is 0.494 e. The van der Waals surface area contributed by atoms with E-state index in [4.69, 9.17) is 4.74 Å². The molecule has 0 aromatic heterocycles. The van der Waals surface area contributed by atoms with Crippen molar-refractivity contribution in [2.75, 3.05) is 6.61 Å². The summed E-state index contributed by atoms with van der Waals surface area (Å²) in [5.74, 6) is 1.54. The van der Waals surface area contributed by atoms with Gasteiger partial charge in [0.1, 0.15) is 5.75 Å². The van der Waals surface area contributed by atoms with Crippen molar-refractivity contribution in [3.63, 3.8) is 0 Å². The fourth-order valence-corrected chi connectivity index (χ4v) is 2.29. The van der Waals surface area contributed by atoms with Gasteiger partial charge in [0, 0.05) is 0 Å². The molecular formula is C15H15BF3KO. The van der Waals surface area contributed by atoms with E-state index >= 15 is 0 Å². The van der Waals surface area contributed by atoms with E-state index in [-0.39, 0.29) is 51.4 Å². The molecule has 2 aromatic rings. The van der Waals surface area contributed by atoms with Crippen LogP contribution in [0.25, 0.3) is 10.8 Å². The summed E-state index contributed by atoms with van der Waals surface area (Å²) in [6.45, 7) is -4.26. The zero-order valence-corrected chi connectivity index (χ0v) is 15.1. The SMILES string of the molecule is F[B-](F)(F)c1ccc2cc(OCCC3CC3)ccc2c1.[K+]. The van der Waals surface area contributed by atoms with Gasteiger partial charge >= 0.3 is 58.4 Å². The summed E-state index contributed by atoms with van der Waals surface area (Å²) in [6.07, 6.45) is 3.65. The molecule has 1 aliphatic rings. The number of fused-ring (bicyclic) bond motifs is 1. The maximum Gasteiger partial charge on any atom is 1.00 e. The minimum atomic E-state index is -4.94. The summed E-state index contributed by atoms with van der Waals surface area (Å²) in [7, 11) is 0. The average Bonchev–Trinajstić information content (AvgIpc) is 3.21. The van der Waals surface area contributed by atoms with Gasteiger partial charge in [-0.25, -0.2) is 0 Å². The number of benzene rings is 2. The summed E-state index contributed by atoms with van der Waals surface area (Å²) < 4.78 is 43.7. The second kappa shape index (κ2) is 7.05. The average molecular weight is 318 g/mol. The van der Waals surface area contributed by atoms with E-state index in [0.717, 1.165) is 29.5 Å². The molecule has 0 heterocycles. The van der Waals surface area contributed by atoms with E-state index in [0.29, 0.717) is 12.0 Å². The molecule has 0 spiro atoms. The minimum Gasteiger partial charge on any atom is -0.494 e. The maximum atomic E-state index is 12.7. The Balaban J connectivity index is 0.00000161. The van der Waals surface area contributed by atoms with Crippen LogP contribution in [0, 0.1) is 5.92 Å². The molecule has 0 unspecified atom stereocenters. The van der Waals surface area contributed by atoms with E-state index in [1.165, 1.54) is 25.0 Å².